The Morgan fingerprint density at radius 1 is 1.03 bits per heavy atom. The quantitative estimate of drug-likeness (QED) is 0.603. The lowest BCUT2D eigenvalue weighted by Crippen LogP contribution is -2.50. The van der Waals surface area contributed by atoms with Gasteiger partial charge in [0.05, 0.1) is 16.3 Å². The maximum atomic E-state index is 13.2. The number of hydrogen-bond acceptors (Lipinski definition) is 7. The Balaban J connectivity index is 1.44. The van der Waals surface area contributed by atoms with E-state index >= 15 is 0 Å². The maximum absolute atomic E-state index is 13.2. The second-order valence-electron chi connectivity index (χ2n) is 8.02. The number of aryl methyl sites for hydroxylation is 1. The molecular weight excluding hydrogens is 416 g/mol. The standard InChI is InChI=1S/C21H22N6O3S/c1-14-3-5-17(6-4-14)31(29,30)27-12-15-9-16(27)11-26(15)21-24-19(10-20(28)25(21)2)18-7-8-22-13-23-18/h3-8,10,13,15-16H,9,11-12H2,1-2H3/t15-,16?/m0/s1. The zero-order valence-corrected chi connectivity index (χ0v) is 18.0. The lowest BCUT2D eigenvalue weighted by Gasteiger charge is -2.34. The molecule has 2 bridgehead atoms. The van der Waals surface area contributed by atoms with Crippen molar-refractivity contribution in [2.24, 2.45) is 7.05 Å². The van der Waals surface area contributed by atoms with Crippen LogP contribution in [0.25, 0.3) is 11.4 Å². The minimum atomic E-state index is -3.56. The van der Waals surface area contributed by atoms with Crippen molar-refractivity contribution >= 4 is 16.0 Å². The number of piperazine rings is 1. The summed E-state index contributed by atoms with van der Waals surface area (Å²) in [4.78, 5) is 27.7. The molecule has 2 atom stereocenters. The van der Waals surface area contributed by atoms with E-state index in [0.717, 1.165) is 5.56 Å². The molecule has 1 aromatic carbocycles. The molecule has 10 heteroatoms. The van der Waals surface area contributed by atoms with Gasteiger partial charge in [-0.3, -0.25) is 9.36 Å². The van der Waals surface area contributed by atoms with Gasteiger partial charge in [-0.25, -0.2) is 23.4 Å². The van der Waals surface area contributed by atoms with E-state index in [2.05, 4.69) is 15.0 Å². The van der Waals surface area contributed by atoms with Crippen molar-refractivity contribution in [1.29, 1.82) is 0 Å². The van der Waals surface area contributed by atoms with Crippen LogP contribution < -0.4 is 10.5 Å². The van der Waals surface area contributed by atoms with Crippen LogP contribution in [0, 0.1) is 6.92 Å². The van der Waals surface area contributed by atoms with E-state index in [1.807, 2.05) is 24.0 Å². The van der Waals surface area contributed by atoms with E-state index in [-0.39, 0.29) is 17.6 Å². The molecule has 160 valence electrons. The molecule has 0 spiro atoms. The summed E-state index contributed by atoms with van der Waals surface area (Å²) >= 11 is 0. The van der Waals surface area contributed by atoms with Crippen LogP contribution in [-0.2, 0) is 17.1 Å². The molecule has 0 amide bonds. The molecule has 2 aliphatic rings. The van der Waals surface area contributed by atoms with E-state index in [9.17, 15) is 13.2 Å². The minimum Gasteiger partial charge on any atom is -0.336 e. The number of aromatic nitrogens is 4. The zero-order chi connectivity index (χ0) is 21.8. The molecule has 1 unspecified atom stereocenters. The van der Waals surface area contributed by atoms with Crippen molar-refractivity contribution in [1.82, 2.24) is 23.8 Å². The Morgan fingerprint density at radius 3 is 2.45 bits per heavy atom. The summed E-state index contributed by atoms with van der Waals surface area (Å²) in [6.45, 7) is 2.79. The molecule has 2 aliphatic heterocycles. The van der Waals surface area contributed by atoms with Gasteiger partial charge in [0, 0.05) is 44.5 Å². The topological polar surface area (TPSA) is 101 Å². The first-order chi connectivity index (χ1) is 14.8. The summed E-state index contributed by atoms with van der Waals surface area (Å²) in [5.41, 5.74) is 1.88. The van der Waals surface area contributed by atoms with E-state index < -0.39 is 10.0 Å². The van der Waals surface area contributed by atoms with Gasteiger partial charge in [-0.2, -0.15) is 4.31 Å². The van der Waals surface area contributed by atoms with Crippen LogP contribution in [0.1, 0.15) is 12.0 Å². The van der Waals surface area contributed by atoms with E-state index in [1.54, 1.807) is 35.7 Å². The van der Waals surface area contributed by atoms with E-state index in [0.29, 0.717) is 41.7 Å². The molecule has 0 radical (unpaired) electrons. The minimum absolute atomic E-state index is 0.0380. The molecule has 0 saturated carbocycles. The van der Waals surface area contributed by atoms with Gasteiger partial charge in [0.1, 0.15) is 6.33 Å². The predicted molar refractivity (Wildman–Crippen MR) is 115 cm³/mol. The summed E-state index contributed by atoms with van der Waals surface area (Å²) in [6.07, 6.45) is 3.73. The monoisotopic (exact) mass is 438 g/mol. The largest absolute Gasteiger partial charge is 0.336 e. The normalized spacial score (nSPS) is 21.0. The molecule has 5 rings (SSSR count). The maximum Gasteiger partial charge on any atom is 0.255 e. The summed E-state index contributed by atoms with van der Waals surface area (Å²) in [5.74, 6) is 0.529. The van der Waals surface area contributed by atoms with Crippen molar-refractivity contribution in [3.8, 4) is 11.4 Å². The molecule has 0 aliphatic carbocycles. The lowest BCUT2D eigenvalue weighted by atomic mass is 10.2. The highest BCUT2D eigenvalue weighted by Crippen LogP contribution is 2.37. The van der Waals surface area contributed by atoms with Crippen molar-refractivity contribution < 1.29 is 8.42 Å². The van der Waals surface area contributed by atoms with Gasteiger partial charge in [0.15, 0.2) is 0 Å². The van der Waals surface area contributed by atoms with Crippen molar-refractivity contribution in [2.75, 3.05) is 18.0 Å². The molecule has 2 aromatic heterocycles. The molecule has 0 N–H and O–H groups in total. The molecule has 9 nitrogen and oxygen atoms in total. The number of benzene rings is 1. The fraction of sp³-hybridized carbons (Fsp3) is 0.333. The Hall–Kier alpha value is -3.11. The van der Waals surface area contributed by atoms with Gasteiger partial charge in [-0.1, -0.05) is 17.7 Å². The summed E-state index contributed by atoms with van der Waals surface area (Å²) in [7, 11) is -1.88. The fourth-order valence-corrected chi connectivity index (χ4v) is 6.04. The van der Waals surface area contributed by atoms with Gasteiger partial charge in [0.2, 0.25) is 16.0 Å². The third kappa shape index (κ3) is 3.31. The van der Waals surface area contributed by atoms with Gasteiger partial charge >= 0.3 is 0 Å². The molecule has 31 heavy (non-hydrogen) atoms. The van der Waals surface area contributed by atoms with Crippen LogP contribution in [0.4, 0.5) is 5.95 Å². The lowest BCUT2D eigenvalue weighted by molar-refractivity contribution is 0.365. The summed E-state index contributed by atoms with van der Waals surface area (Å²) in [6, 6.07) is 9.90. The Labute approximate surface area is 180 Å². The number of fused-ring (bicyclic) bond motifs is 2. The van der Waals surface area contributed by atoms with Crippen molar-refractivity contribution in [2.45, 2.75) is 30.3 Å². The zero-order valence-electron chi connectivity index (χ0n) is 17.2. The fourth-order valence-electron chi connectivity index (χ4n) is 4.37. The summed E-state index contributed by atoms with van der Waals surface area (Å²) < 4.78 is 29.4. The number of rotatable bonds is 4. The molecular formula is C21H22N6O3S. The van der Waals surface area contributed by atoms with Crippen LogP contribution in [0.5, 0.6) is 0 Å². The van der Waals surface area contributed by atoms with Crippen molar-refractivity contribution in [3.05, 3.63) is 64.8 Å². The number of sulfonamides is 1. The second-order valence-corrected chi connectivity index (χ2v) is 9.91. The Bertz CT molecular complexity index is 1290. The van der Waals surface area contributed by atoms with Crippen LogP contribution in [-0.4, -0.2) is 57.4 Å². The highest BCUT2D eigenvalue weighted by molar-refractivity contribution is 7.89. The first kappa shape index (κ1) is 19.8. The smallest absolute Gasteiger partial charge is 0.255 e. The van der Waals surface area contributed by atoms with Gasteiger partial charge in [-0.15, -0.1) is 0 Å². The Morgan fingerprint density at radius 2 is 1.81 bits per heavy atom. The highest BCUT2D eigenvalue weighted by Gasteiger charge is 2.49. The molecule has 2 saturated heterocycles. The number of nitrogens with zero attached hydrogens (tertiary/aromatic N) is 6. The molecule has 3 aromatic rings. The number of hydrogen-bond donors (Lipinski definition) is 0. The van der Waals surface area contributed by atoms with E-state index in [4.69, 9.17) is 0 Å². The highest BCUT2D eigenvalue weighted by atomic mass is 32.2. The van der Waals surface area contributed by atoms with Gasteiger partial charge in [0.25, 0.3) is 5.56 Å². The average Bonchev–Trinajstić information content (AvgIpc) is 3.38. The average molecular weight is 439 g/mol. The van der Waals surface area contributed by atoms with E-state index in [1.165, 1.54) is 17.0 Å². The first-order valence-corrected chi connectivity index (χ1v) is 11.5. The second kappa shape index (κ2) is 7.24. The Kier molecular flexibility index (Phi) is 4.63. The van der Waals surface area contributed by atoms with Crippen LogP contribution in [0.15, 0.2) is 58.6 Å². The van der Waals surface area contributed by atoms with Crippen LogP contribution in [0.3, 0.4) is 0 Å². The van der Waals surface area contributed by atoms with Gasteiger partial charge < -0.3 is 4.90 Å². The molecule has 4 heterocycles. The molecule has 2 fully saturated rings. The van der Waals surface area contributed by atoms with Crippen LogP contribution >= 0.6 is 0 Å². The number of anilines is 1. The SMILES string of the molecule is Cc1ccc(S(=O)(=O)N2C[C@@H]3CC2CN3c2nc(-c3ccncn3)cc(=O)n2C)cc1. The van der Waals surface area contributed by atoms with Crippen LogP contribution in [0.2, 0.25) is 0 Å². The summed E-state index contributed by atoms with van der Waals surface area (Å²) in [5, 5.41) is 0. The third-order valence-electron chi connectivity index (χ3n) is 6.03. The van der Waals surface area contributed by atoms with Gasteiger partial charge in [-0.05, 0) is 31.5 Å². The third-order valence-corrected chi connectivity index (χ3v) is 7.96. The van der Waals surface area contributed by atoms with Crippen molar-refractivity contribution in [3.63, 3.8) is 0 Å². The first-order valence-electron chi connectivity index (χ1n) is 10.0. The predicted octanol–water partition coefficient (Wildman–Crippen LogP) is 1.20.